The van der Waals surface area contributed by atoms with E-state index in [1.807, 2.05) is 126 Å². The summed E-state index contributed by atoms with van der Waals surface area (Å²) in [5.74, 6) is 0.780. The van der Waals surface area contributed by atoms with Gasteiger partial charge in [0.2, 0.25) is 12.0 Å². The average Bonchev–Trinajstić information content (AvgIpc) is 3.04. The number of carbonyl (C=O) groups excluding carboxylic acids is 2. The van der Waals surface area contributed by atoms with E-state index in [1.54, 1.807) is 4.90 Å². The number of para-hydroxylation sites is 1. The summed E-state index contributed by atoms with van der Waals surface area (Å²) in [6.07, 6.45) is 0.0931. The molecule has 2 fully saturated rings. The van der Waals surface area contributed by atoms with Gasteiger partial charge in [0.25, 0.3) is 5.91 Å². The molecule has 0 radical (unpaired) electrons. The normalized spacial score (nSPS) is 22.2. The molecule has 5 atom stereocenters. The molecule has 6 nitrogen and oxygen atoms in total. The topological polar surface area (TPSA) is 59.1 Å². The number of benzene rings is 4. The number of carbonyl (C=O) groups is 2. The third kappa shape index (κ3) is 5.93. The zero-order valence-electron chi connectivity index (χ0n) is 24.7. The van der Waals surface area contributed by atoms with E-state index in [1.165, 1.54) is 0 Å². The molecular formula is C37H38N2O4. The highest BCUT2D eigenvalue weighted by Gasteiger charge is 2.63. The Morgan fingerprint density at radius 3 is 1.77 bits per heavy atom. The molecular weight excluding hydrogens is 536 g/mol. The first-order chi connectivity index (χ1) is 21.0. The summed E-state index contributed by atoms with van der Waals surface area (Å²) in [5, 5.41) is 0. The van der Waals surface area contributed by atoms with E-state index in [2.05, 4.69) is 13.8 Å². The van der Waals surface area contributed by atoms with Crippen LogP contribution < -0.4 is 4.74 Å². The van der Waals surface area contributed by atoms with Crippen molar-refractivity contribution in [1.29, 1.82) is 0 Å². The zero-order chi connectivity index (χ0) is 29.8. The van der Waals surface area contributed by atoms with Gasteiger partial charge in [0.15, 0.2) is 0 Å². The summed E-state index contributed by atoms with van der Waals surface area (Å²) in [5.41, 5.74) is 3.06. The zero-order valence-corrected chi connectivity index (χ0v) is 24.7. The van der Waals surface area contributed by atoms with Gasteiger partial charge in [-0.25, -0.2) is 0 Å². The highest BCUT2D eigenvalue weighted by molar-refractivity contribution is 5.99. The molecule has 220 valence electrons. The summed E-state index contributed by atoms with van der Waals surface area (Å²) in [7, 11) is 0. The van der Waals surface area contributed by atoms with Crippen LogP contribution in [0.15, 0.2) is 121 Å². The van der Waals surface area contributed by atoms with Gasteiger partial charge < -0.3 is 19.3 Å². The van der Waals surface area contributed by atoms with Crippen LogP contribution in [-0.2, 0) is 20.9 Å². The van der Waals surface area contributed by atoms with E-state index < -0.39 is 12.1 Å². The second-order valence-electron chi connectivity index (χ2n) is 11.8. The molecule has 6 rings (SSSR count). The highest BCUT2D eigenvalue weighted by Crippen LogP contribution is 2.49. The van der Waals surface area contributed by atoms with Crippen LogP contribution in [0.5, 0.6) is 5.75 Å². The molecule has 43 heavy (non-hydrogen) atoms. The number of likely N-dealkylation sites (tertiary alicyclic amines) is 2. The smallest absolute Gasteiger partial charge is 0.267 e. The maximum atomic E-state index is 14.3. The molecule has 0 saturated carbocycles. The number of nitrogens with zero attached hydrogens (tertiary/aromatic N) is 2. The Morgan fingerprint density at radius 2 is 1.19 bits per heavy atom. The molecule has 2 aliphatic rings. The van der Waals surface area contributed by atoms with Crippen LogP contribution in [0.2, 0.25) is 0 Å². The Balaban J connectivity index is 1.30. The number of β-lactam (4-membered cyclic amide) rings is 2. The second kappa shape index (κ2) is 12.8. The first-order valence-electron chi connectivity index (χ1n) is 15.1. The van der Waals surface area contributed by atoms with E-state index in [-0.39, 0.29) is 29.9 Å². The minimum Gasteiger partial charge on any atom is -0.478 e. The van der Waals surface area contributed by atoms with Crippen LogP contribution >= 0.6 is 0 Å². The van der Waals surface area contributed by atoms with Gasteiger partial charge in [0.05, 0.1) is 25.3 Å². The van der Waals surface area contributed by atoms with E-state index in [0.717, 1.165) is 23.1 Å². The quantitative estimate of drug-likeness (QED) is 0.179. The number of amides is 2. The fourth-order valence-electron chi connectivity index (χ4n) is 6.40. The van der Waals surface area contributed by atoms with Crippen molar-refractivity contribution in [1.82, 2.24) is 9.80 Å². The Labute approximate surface area is 253 Å². The van der Waals surface area contributed by atoms with Crippen molar-refractivity contribution in [3.05, 3.63) is 138 Å². The summed E-state index contributed by atoms with van der Waals surface area (Å²) in [6.45, 7) is 5.24. The predicted octanol–water partition coefficient (Wildman–Crippen LogP) is 6.60. The molecule has 0 aliphatic carbocycles. The fraction of sp³-hybridized carbons (Fsp3) is 0.297. The van der Waals surface area contributed by atoms with Gasteiger partial charge >= 0.3 is 0 Å². The van der Waals surface area contributed by atoms with Crippen LogP contribution in [-0.4, -0.2) is 46.4 Å². The predicted molar refractivity (Wildman–Crippen MR) is 166 cm³/mol. The molecule has 0 spiro atoms. The van der Waals surface area contributed by atoms with Gasteiger partial charge in [-0.05, 0) is 41.2 Å². The molecule has 2 amide bonds. The maximum absolute atomic E-state index is 14.3. The lowest BCUT2D eigenvalue weighted by Gasteiger charge is -2.60. The fourth-order valence-corrected chi connectivity index (χ4v) is 6.40. The van der Waals surface area contributed by atoms with Crippen LogP contribution in [0.3, 0.4) is 0 Å². The van der Waals surface area contributed by atoms with Crippen molar-refractivity contribution in [2.24, 2.45) is 5.92 Å². The number of hydrogen-bond donors (Lipinski definition) is 0. The first-order valence-corrected chi connectivity index (χ1v) is 15.1. The maximum Gasteiger partial charge on any atom is 0.267 e. The summed E-state index contributed by atoms with van der Waals surface area (Å²) in [4.78, 5) is 31.9. The summed E-state index contributed by atoms with van der Waals surface area (Å²) >= 11 is 0. The van der Waals surface area contributed by atoms with Gasteiger partial charge in [0, 0.05) is 0 Å². The molecule has 4 aromatic rings. The SMILES string of the molecule is CC(C)C[C@@H](COCc1ccccc1)N1C(=O)[C@@H](N2C(=O)[C@H](Oc3ccccc3)[C@@H]2c2ccccc2)[C@H]1c1ccccc1. The summed E-state index contributed by atoms with van der Waals surface area (Å²) < 4.78 is 12.4. The monoisotopic (exact) mass is 574 g/mol. The molecule has 2 saturated heterocycles. The molecule has 4 aromatic carbocycles. The van der Waals surface area contributed by atoms with E-state index in [0.29, 0.717) is 24.9 Å². The Morgan fingerprint density at radius 1 is 0.651 bits per heavy atom. The Hall–Kier alpha value is -4.42. The van der Waals surface area contributed by atoms with E-state index in [9.17, 15) is 9.59 Å². The van der Waals surface area contributed by atoms with Crippen LogP contribution in [0, 0.1) is 5.92 Å². The van der Waals surface area contributed by atoms with Crippen molar-refractivity contribution in [3.8, 4) is 5.75 Å². The van der Waals surface area contributed by atoms with Gasteiger partial charge in [-0.15, -0.1) is 0 Å². The number of rotatable bonds is 12. The minimum atomic E-state index is -0.705. The highest BCUT2D eigenvalue weighted by atomic mass is 16.5. The van der Waals surface area contributed by atoms with E-state index in [4.69, 9.17) is 9.47 Å². The molecule has 0 N–H and O–H groups in total. The second-order valence-corrected chi connectivity index (χ2v) is 11.8. The number of ether oxygens (including phenoxy) is 2. The van der Waals surface area contributed by atoms with Gasteiger partial charge in [-0.3, -0.25) is 9.59 Å². The lowest BCUT2D eigenvalue weighted by molar-refractivity contribution is -0.196. The van der Waals surface area contributed by atoms with Crippen LogP contribution in [0.4, 0.5) is 0 Å². The van der Waals surface area contributed by atoms with Crippen molar-refractivity contribution < 1.29 is 19.1 Å². The number of hydrogen-bond acceptors (Lipinski definition) is 4. The van der Waals surface area contributed by atoms with Gasteiger partial charge in [0.1, 0.15) is 17.8 Å². The largest absolute Gasteiger partial charge is 0.478 e. The minimum absolute atomic E-state index is 0.0461. The third-order valence-electron chi connectivity index (χ3n) is 8.34. The molecule has 6 heteroatoms. The van der Waals surface area contributed by atoms with Gasteiger partial charge in [-0.1, -0.05) is 123 Å². The molecule has 0 unspecified atom stereocenters. The van der Waals surface area contributed by atoms with Crippen LogP contribution in [0.25, 0.3) is 0 Å². The molecule has 2 heterocycles. The van der Waals surface area contributed by atoms with Crippen molar-refractivity contribution in [2.75, 3.05) is 6.61 Å². The first kappa shape index (κ1) is 28.7. The van der Waals surface area contributed by atoms with Crippen LogP contribution in [0.1, 0.15) is 49.0 Å². The van der Waals surface area contributed by atoms with Crippen molar-refractivity contribution in [3.63, 3.8) is 0 Å². The molecule has 0 bridgehead atoms. The van der Waals surface area contributed by atoms with Gasteiger partial charge in [-0.2, -0.15) is 0 Å². The average molecular weight is 575 g/mol. The lowest BCUT2D eigenvalue weighted by atomic mass is 9.79. The Bertz CT molecular complexity index is 1500. The molecule has 2 aliphatic heterocycles. The third-order valence-corrected chi connectivity index (χ3v) is 8.34. The van der Waals surface area contributed by atoms with Crippen molar-refractivity contribution >= 4 is 11.8 Å². The van der Waals surface area contributed by atoms with E-state index >= 15 is 0 Å². The summed E-state index contributed by atoms with van der Waals surface area (Å²) in [6, 6.07) is 38.0. The molecule has 0 aromatic heterocycles. The standard InChI is InChI=1S/C37H38N2O4/c1-26(2)23-30(25-42-24-27-15-7-3-8-16-27)38-32(28-17-9-4-10-18-28)34(36(38)40)39-33(29-19-11-5-12-20-29)35(37(39)41)43-31-21-13-6-14-22-31/h3-22,26,30,32-35H,23-25H2,1-2H3/t30-,32+,33-,34-,35+/m0/s1. The van der Waals surface area contributed by atoms with Crippen molar-refractivity contribution in [2.45, 2.75) is 57.1 Å². The Kier molecular flexibility index (Phi) is 8.57. The lowest BCUT2D eigenvalue weighted by Crippen LogP contribution is -2.76.